The molecule has 0 N–H and O–H groups in total. The lowest BCUT2D eigenvalue weighted by atomic mass is 9.47. The Morgan fingerprint density at radius 2 is 1.49 bits per heavy atom. The predicted octanol–water partition coefficient (Wildman–Crippen LogP) is 14.7. The normalized spacial score (nSPS) is 30.6. The van der Waals surface area contributed by atoms with E-state index in [1.54, 1.807) is 5.57 Å². The van der Waals surface area contributed by atoms with Crippen molar-refractivity contribution < 1.29 is 19.0 Å². The van der Waals surface area contributed by atoms with Crippen molar-refractivity contribution in [2.45, 2.75) is 182 Å². The maximum atomic E-state index is 12.7. The van der Waals surface area contributed by atoms with E-state index in [4.69, 9.17) is 14.2 Å². The van der Waals surface area contributed by atoms with Gasteiger partial charge in [0.05, 0.1) is 19.9 Å². The van der Waals surface area contributed by atoms with E-state index >= 15 is 0 Å². The second kappa shape index (κ2) is 20.9. The number of halogens is 3. The highest BCUT2D eigenvalue weighted by molar-refractivity contribution is 14.1. The van der Waals surface area contributed by atoms with Crippen LogP contribution in [-0.2, 0) is 14.3 Å². The average molecular weight is 1070 g/mol. The monoisotopic (exact) mass is 1070 g/mol. The van der Waals surface area contributed by atoms with Gasteiger partial charge in [-0.1, -0.05) is 104 Å². The summed E-state index contributed by atoms with van der Waals surface area (Å²) in [6, 6.07) is 4.34. The average Bonchev–Trinajstić information content (AvgIpc) is 3.45. The number of rotatable bonds is 20. The van der Waals surface area contributed by atoms with Crippen molar-refractivity contribution in [3.05, 3.63) is 34.5 Å². The highest BCUT2D eigenvalue weighted by Crippen LogP contribution is 2.67. The fourth-order valence-electron chi connectivity index (χ4n) is 11.6. The van der Waals surface area contributed by atoms with Crippen LogP contribution in [0.1, 0.15) is 170 Å². The number of allylic oxidation sites excluding steroid dienone is 1. The summed E-state index contributed by atoms with van der Waals surface area (Å²) in [5.74, 6) is 6.11. The minimum absolute atomic E-state index is 0.107. The number of hydrogen-bond acceptors (Lipinski definition) is 4. The summed E-state index contributed by atoms with van der Waals surface area (Å²) in [4.78, 5) is 12.7. The molecule has 4 nitrogen and oxygen atoms in total. The smallest absolute Gasteiger partial charge is 0.308 e. The zero-order chi connectivity index (χ0) is 38.2. The predicted molar refractivity (Wildman–Crippen MR) is 245 cm³/mol. The van der Waals surface area contributed by atoms with Gasteiger partial charge in [-0.05, 0) is 197 Å². The highest BCUT2D eigenvalue weighted by atomic mass is 127. The topological polar surface area (TPSA) is 44.8 Å². The van der Waals surface area contributed by atoms with E-state index in [0.29, 0.717) is 17.3 Å². The lowest BCUT2D eigenvalue weighted by Gasteiger charge is -2.58. The number of benzene rings is 1. The summed E-state index contributed by atoms with van der Waals surface area (Å²) in [6.45, 7) is 15.3. The standard InChI is InChI=1S/C46H71I3O4/c1-31(2)16-15-17-32(3)38-21-22-39-37-20-19-34-28-36(23-25-45(34,5)40(37)24-26-46(38,39)6)52-33(4)53-43(50)18-13-11-9-7-8-10-12-14-27-51-44-41(48)29-35(47)30-42(44)49/h19,29-33,36-40H,7-18,20-28H2,1-6H3/t32-,33?,36+,37?,38-,39?,40?,45+,46-/m1/s1. The van der Waals surface area contributed by atoms with Gasteiger partial charge in [0.15, 0.2) is 6.29 Å². The number of esters is 1. The van der Waals surface area contributed by atoms with Crippen LogP contribution >= 0.6 is 67.8 Å². The summed E-state index contributed by atoms with van der Waals surface area (Å²) in [5.41, 5.74) is 2.50. The minimum Gasteiger partial charge on any atom is -0.491 e. The third-order valence-corrected chi connectivity index (χ3v) is 16.7. The van der Waals surface area contributed by atoms with Crippen molar-refractivity contribution >= 4 is 73.7 Å². The van der Waals surface area contributed by atoms with Gasteiger partial charge in [-0.3, -0.25) is 4.79 Å². The van der Waals surface area contributed by atoms with Crippen molar-refractivity contribution in [1.29, 1.82) is 0 Å². The van der Waals surface area contributed by atoms with Crippen molar-refractivity contribution in [2.75, 3.05) is 6.61 Å². The van der Waals surface area contributed by atoms with E-state index in [9.17, 15) is 4.79 Å². The van der Waals surface area contributed by atoms with Crippen molar-refractivity contribution in [1.82, 2.24) is 0 Å². The van der Waals surface area contributed by atoms with Gasteiger partial charge in [-0.25, -0.2) is 0 Å². The molecule has 7 heteroatoms. The molecule has 0 heterocycles. The van der Waals surface area contributed by atoms with E-state index in [-0.39, 0.29) is 12.1 Å². The Labute approximate surface area is 365 Å². The van der Waals surface area contributed by atoms with Gasteiger partial charge in [0.1, 0.15) is 5.75 Å². The van der Waals surface area contributed by atoms with Gasteiger partial charge >= 0.3 is 5.97 Å². The summed E-state index contributed by atoms with van der Waals surface area (Å²) in [5, 5.41) is 0. The zero-order valence-electron chi connectivity index (χ0n) is 34.0. The van der Waals surface area contributed by atoms with Gasteiger partial charge in [0, 0.05) is 9.99 Å². The van der Waals surface area contributed by atoms with Crippen LogP contribution in [0.3, 0.4) is 0 Å². The van der Waals surface area contributed by atoms with Crippen LogP contribution in [0.4, 0.5) is 0 Å². The van der Waals surface area contributed by atoms with Gasteiger partial charge < -0.3 is 14.2 Å². The summed E-state index contributed by atoms with van der Waals surface area (Å²) >= 11 is 7.10. The third kappa shape index (κ3) is 11.7. The van der Waals surface area contributed by atoms with Crippen LogP contribution in [-0.4, -0.2) is 25.0 Å². The molecular weight excluding hydrogens is 997 g/mol. The van der Waals surface area contributed by atoms with Crippen molar-refractivity contribution in [3.8, 4) is 5.75 Å². The summed E-state index contributed by atoms with van der Waals surface area (Å²) in [7, 11) is 0. The van der Waals surface area contributed by atoms with Gasteiger partial charge in [-0.15, -0.1) is 0 Å². The van der Waals surface area contributed by atoms with E-state index in [1.807, 2.05) is 6.92 Å². The molecule has 53 heavy (non-hydrogen) atoms. The molecule has 0 aliphatic heterocycles. The Morgan fingerprint density at radius 1 is 0.811 bits per heavy atom. The number of ether oxygens (including phenoxy) is 3. The highest BCUT2D eigenvalue weighted by Gasteiger charge is 2.59. The third-order valence-electron chi connectivity index (χ3n) is 14.4. The van der Waals surface area contributed by atoms with Crippen molar-refractivity contribution in [3.63, 3.8) is 0 Å². The number of carbonyl (C=O) groups excluding carboxylic acids is 1. The molecule has 5 rings (SSSR count). The molecule has 1 aromatic carbocycles. The molecule has 0 radical (unpaired) electrons. The van der Waals surface area contributed by atoms with Crippen LogP contribution in [0.25, 0.3) is 0 Å². The van der Waals surface area contributed by atoms with Crippen LogP contribution in [0.5, 0.6) is 5.75 Å². The molecule has 3 saturated carbocycles. The molecule has 3 fully saturated rings. The molecular formula is C46H71I3O4. The van der Waals surface area contributed by atoms with Crippen molar-refractivity contribution in [2.24, 2.45) is 46.3 Å². The number of hydrogen-bond donors (Lipinski definition) is 0. The summed E-state index contributed by atoms with van der Waals surface area (Å²) < 4.78 is 21.9. The molecule has 0 bridgehead atoms. The molecule has 9 atom stereocenters. The first-order chi connectivity index (χ1) is 25.3. The fraction of sp³-hybridized carbons (Fsp3) is 0.804. The molecule has 1 aromatic rings. The van der Waals surface area contributed by atoms with Gasteiger partial charge in [0.2, 0.25) is 0 Å². The Morgan fingerprint density at radius 3 is 2.19 bits per heavy atom. The maximum Gasteiger partial charge on any atom is 0.308 e. The Hall–Kier alpha value is 0.380. The molecule has 0 saturated heterocycles. The van der Waals surface area contributed by atoms with E-state index in [0.717, 1.165) is 80.0 Å². The van der Waals surface area contributed by atoms with E-state index in [1.165, 1.54) is 101 Å². The minimum atomic E-state index is -0.469. The SMILES string of the molecule is CC(C)CCC[C@@H](C)[C@H]1CCC2C3CC=C4C[C@@H](OC(C)OC(=O)CCCCCCCCCCOc5c(I)cc(I)cc5I)CC[C@]4(C)C3CC[C@@]21C. The number of carbonyl (C=O) groups is 1. The second-order valence-electron chi connectivity index (χ2n) is 18.5. The van der Waals surface area contributed by atoms with Gasteiger partial charge in [0.25, 0.3) is 0 Å². The Kier molecular flexibility index (Phi) is 17.5. The molecule has 0 amide bonds. The molecule has 4 aliphatic rings. The molecule has 4 unspecified atom stereocenters. The first kappa shape index (κ1) is 44.5. The summed E-state index contributed by atoms with van der Waals surface area (Å²) in [6.07, 6.45) is 26.6. The molecule has 0 aromatic heterocycles. The molecule has 4 aliphatic carbocycles. The number of unbranched alkanes of at least 4 members (excludes halogenated alkanes) is 7. The van der Waals surface area contributed by atoms with E-state index in [2.05, 4.69) is 121 Å². The quantitative estimate of drug-likeness (QED) is 0.0429. The van der Waals surface area contributed by atoms with Crippen LogP contribution in [0.2, 0.25) is 0 Å². The first-order valence-electron chi connectivity index (χ1n) is 21.6. The molecule has 300 valence electrons. The van der Waals surface area contributed by atoms with Crippen LogP contribution in [0.15, 0.2) is 23.8 Å². The molecule has 0 spiro atoms. The maximum absolute atomic E-state index is 12.7. The van der Waals surface area contributed by atoms with E-state index < -0.39 is 6.29 Å². The fourth-order valence-corrected chi connectivity index (χ4v) is 15.5. The second-order valence-corrected chi connectivity index (χ2v) is 22.0. The zero-order valence-corrected chi connectivity index (χ0v) is 40.4. The first-order valence-corrected chi connectivity index (χ1v) is 24.9. The largest absolute Gasteiger partial charge is 0.491 e. The Bertz CT molecular complexity index is 1340. The van der Waals surface area contributed by atoms with Crippen LogP contribution in [0, 0.1) is 57.0 Å². The number of fused-ring (bicyclic) bond motifs is 5. The Balaban J connectivity index is 0.945. The lowest BCUT2D eigenvalue weighted by molar-refractivity contribution is -0.188. The van der Waals surface area contributed by atoms with Crippen LogP contribution < -0.4 is 4.74 Å². The van der Waals surface area contributed by atoms with Gasteiger partial charge in [-0.2, -0.15) is 0 Å². The lowest BCUT2D eigenvalue weighted by Crippen LogP contribution is -2.51.